The number of hydrogen-bond acceptors (Lipinski definition) is 6. The van der Waals surface area contributed by atoms with E-state index < -0.39 is 16.1 Å². The molecular formula is C26H26BrN3O5S. The predicted octanol–water partition coefficient (Wildman–Crippen LogP) is 4.56. The van der Waals surface area contributed by atoms with Gasteiger partial charge in [0.2, 0.25) is 10.0 Å². The summed E-state index contributed by atoms with van der Waals surface area (Å²) in [6, 6.07) is 19.6. The fourth-order valence-corrected chi connectivity index (χ4v) is 5.83. The van der Waals surface area contributed by atoms with Gasteiger partial charge in [-0.2, -0.15) is 4.31 Å². The number of fused-ring (bicyclic) bond motifs is 1. The van der Waals surface area contributed by atoms with E-state index in [4.69, 9.17) is 14.5 Å². The molecule has 0 radical (unpaired) electrons. The Morgan fingerprint density at radius 1 is 1.00 bits per heavy atom. The Labute approximate surface area is 218 Å². The van der Waals surface area contributed by atoms with Crippen LogP contribution in [-0.4, -0.2) is 49.6 Å². The molecule has 8 nitrogen and oxygen atoms in total. The van der Waals surface area contributed by atoms with Crippen LogP contribution in [0.4, 0.5) is 0 Å². The summed E-state index contributed by atoms with van der Waals surface area (Å²) in [5.74, 6) is 0.926. The van der Waals surface area contributed by atoms with Crippen molar-refractivity contribution in [3.8, 4) is 11.4 Å². The molecule has 3 aromatic carbocycles. The number of para-hydroxylation sites is 1. The second kappa shape index (κ2) is 10.9. The van der Waals surface area contributed by atoms with Crippen LogP contribution in [0.2, 0.25) is 0 Å². The Kier molecular flexibility index (Phi) is 7.89. The fourth-order valence-electron chi connectivity index (χ4n) is 3.98. The number of aromatic nitrogens is 2. The van der Waals surface area contributed by atoms with E-state index in [0.29, 0.717) is 28.2 Å². The molecule has 1 heterocycles. The van der Waals surface area contributed by atoms with Crippen molar-refractivity contribution in [1.29, 1.82) is 0 Å². The lowest BCUT2D eigenvalue weighted by molar-refractivity contribution is 0.166. The Balaban J connectivity index is 1.93. The summed E-state index contributed by atoms with van der Waals surface area (Å²) in [5.41, 5.74) is 0.746. The van der Waals surface area contributed by atoms with Gasteiger partial charge in [-0.15, -0.1) is 0 Å². The molecular weight excluding hydrogens is 546 g/mol. The van der Waals surface area contributed by atoms with Gasteiger partial charge >= 0.3 is 0 Å². The second-order valence-electron chi connectivity index (χ2n) is 8.06. The number of methoxy groups -OCH3 is 2. The van der Waals surface area contributed by atoms with Gasteiger partial charge in [-0.1, -0.05) is 28.1 Å². The molecule has 1 unspecified atom stereocenters. The van der Waals surface area contributed by atoms with E-state index in [0.717, 1.165) is 4.47 Å². The average molecular weight is 572 g/mol. The fraction of sp³-hybridized carbons (Fsp3) is 0.231. The van der Waals surface area contributed by atoms with Crippen molar-refractivity contribution < 1.29 is 17.9 Å². The largest absolute Gasteiger partial charge is 0.497 e. The molecule has 0 bridgehead atoms. The third kappa shape index (κ3) is 5.08. The smallest absolute Gasteiger partial charge is 0.266 e. The van der Waals surface area contributed by atoms with Gasteiger partial charge in [0, 0.05) is 18.1 Å². The molecule has 0 saturated heterocycles. The molecule has 0 aliphatic rings. The number of hydrogen-bond donors (Lipinski definition) is 0. The first-order chi connectivity index (χ1) is 17.3. The van der Waals surface area contributed by atoms with E-state index in [-0.39, 0.29) is 23.6 Å². The first kappa shape index (κ1) is 26.0. The van der Waals surface area contributed by atoms with Gasteiger partial charge in [-0.05, 0) is 67.6 Å². The number of halogens is 1. The number of rotatable bonds is 9. The lowest BCUT2D eigenvalue weighted by Crippen LogP contribution is -2.39. The number of ether oxygens (including phenoxy) is 2. The van der Waals surface area contributed by atoms with Crippen LogP contribution >= 0.6 is 15.9 Å². The normalized spacial score (nSPS) is 12.7. The summed E-state index contributed by atoms with van der Waals surface area (Å²) in [6.07, 6.45) is 0. The predicted molar refractivity (Wildman–Crippen MR) is 142 cm³/mol. The van der Waals surface area contributed by atoms with E-state index in [1.807, 2.05) is 0 Å². The molecule has 4 aromatic rings. The Morgan fingerprint density at radius 3 is 2.31 bits per heavy atom. The van der Waals surface area contributed by atoms with Gasteiger partial charge in [-0.3, -0.25) is 9.36 Å². The molecule has 0 amide bonds. The van der Waals surface area contributed by atoms with Crippen molar-refractivity contribution in [2.45, 2.75) is 17.9 Å². The molecule has 0 saturated carbocycles. The van der Waals surface area contributed by atoms with Crippen LogP contribution in [0.25, 0.3) is 16.6 Å². The van der Waals surface area contributed by atoms with E-state index in [2.05, 4.69) is 15.9 Å². The summed E-state index contributed by atoms with van der Waals surface area (Å²) < 4.78 is 41.6. The molecule has 1 aromatic heterocycles. The Morgan fingerprint density at radius 2 is 1.67 bits per heavy atom. The zero-order valence-corrected chi connectivity index (χ0v) is 22.5. The van der Waals surface area contributed by atoms with Gasteiger partial charge < -0.3 is 9.47 Å². The topological polar surface area (TPSA) is 90.7 Å². The van der Waals surface area contributed by atoms with E-state index in [1.54, 1.807) is 74.7 Å². The van der Waals surface area contributed by atoms with Gasteiger partial charge in [0.15, 0.2) is 0 Å². The number of sulfonamides is 1. The summed E-state index contributed by atoms with van der Waals surface area (Å²) in [5, 5.41) is 0.434. The van der Waals surface area contributed by atoms with Gasteiger partial charge in [0.1, 0.15) is 11.6 Å². The van der Waals surface area contributed by atoms with Crippen molar-refractivity contribution >= 4 is 36.9 Å². The zero-order chi connectivity index (χ0) is 25.9. The van der Waals surface area contributed by atoms with Gasteiger partial charge in [0.25, 0.3) is 5.56 Å². The van der Waals surface area contributed by atoms with Crippen LogP contribution in [0.5, 0.6) is 5.75 Å². The molecule has 4 rings (SSSR count). The maximum atomic E-state index is 13.8. The molecule has 0 N–H and O–H groups in total. The van der Waals surface area contributed by atoms with E-state index in [9.17, 15) is 13.2 Å². The summed E-state index contributed by atoms with van der Waals surface area (Å²) in [4.78, 5) is 18.6. The summed E-state index contributed by atoms with van der Waals surface area (Å²) in [6.45, 7) is 1.96. The molecule has 0 aliphatic heterocycles. The quantitative estimate of drug-likeness (QED) is 0.292. The SMILES string of the molecule is COCCN(C(C)c1nc2ccccc2c(=O)n1-c1ccc(OC)cc1)S(=O)(=O)c1ccc(Br)cc1. The summed E-state index contributed by atoms with van der Waals surface area (Å²) >= 11 is 3.35. The van der Waals surface area contributed by atoms with Crippen molar-refractivity contribution in [2.75, 3.05) is 27.4 Å². The van der Waals surface area contributed by atoms with Gasteiger partial charge in [0.05, 0.1) is 41.2 Å². The van der Waals surface area contributed by atoms with Crippen LogP contribution in [-0.2, 0) is 14.8 Å². The highest BCUT2D eigenvalue weighted by molar-refractivity contribution is 9.10. The van der Waals surface area contributed by atoms with Crippen LogP contribution in [0, 0.1) is 0 Å². The molecule has 188 valence electrons. The van der Waals surface area contributed by atoms with Crippen LogP contribution < -0.4 is 10.3 Å². The van der Waals surface area contributed by atoms with Gasteiger partial charge in [-0.25, -0.2) is 13.4 Å². The van der Waals surface area contributed by atoms with Crippen molar-refractivity contribution in [2.24, 2.45) is 0 Å². The van der Waals surface area contributed by atoms with Crippen molar-refractivity contribution in [3.05, 3.63) is 93.4 Å². The van der Waals surface area contributed by atoms with E-state index >= 15 is 0 Å². The lowest BCUT2D eigenvalue weighted by Gasteiger charge is -2.29. The van der Waals surface area contributed by atoms with E-state index in [1.165, 1.54) is 28.1 Å². The minimum absolute atomic E-state index is 0.0708. The molecule has 10 heteroatoms. The monoisotopic (exact) mass is 571 g/mol. The molecule has 1 atom stereocenters. The minimum atomic E-state index is -3.96. The molecule has 36 heavy (non-hydrogen) atoms. The highest BCUT2D eigenvalue weighted by atomic mass is 79.9. The first-order valence-electron chi connectivity index (χ1n) is 11.2. The maximum absolute atomic E-state index is 13.8. The lowest BCUT2D eigenvalue weighted by atomic mass is 10.2. The zero-order valence-electron chi connectivity index (χ0n) is 20.1. The molecule has 0 fully saturated rings. The highest BCUT2D eigenvalue weighted by Gasteiger charge is 2.33. The molecule has 0 aliphatic carbocycles. The van der Waals surface area contributed by atoms with Crippen LogP contribution in [0.1, 0.15) is 18.8 Å². The number of benzene rings is 3. The third-order valence-corrected chi connectivity index (χ3v) is 8.39. The van der Waals surface area contributed by atoms with Crippen molar-refractivity contribution in [1.82, 2.24) is 13.9 Å². The average Bonchev–Trinajstić information content (AvgIpc) is 2.89. The maximum Gasteiger partial charge on any atom is 0.266 e. The van der Waals surface area contributed by atoms with Crippen LogP contribution in [0.3, 0.4) is 0 Å². The first-order valence-corrected chi connectivity index (χ1v) is 13.4. The van der Waals surface area contributed by atoms with Crippen molar-refractivity contribution in [3.63, 3.8) is 0 Å². The third-order valence-electron chi connectivity index (χ3n) is 5.87. The molecule has 0 spiro atoms. The second-order valence-corrected chi connectivity index (χ2v) is 10.9. The van der Waals surface area contributed by atoms with Crippen LogP contribution in [0.15, 0.2) is 87.0 Å². The standard InChI is InChI=1S/C26H26BrN3O5S/c1-18(29(16-17-34-2)36(32,33)22-14-8-19(27)9-15-22)25-28-24-7-5-4-6-23(24)26(31)30(25)20-10-12-21(35-3)13-11-20/h4-15,18H,16-17H2,1-3H3. The summed E-state index contributed by atoms with van der Waals surface area (Å²) in [7, 11) is -0.883. The Bertz CT molecular complexity index is 1520. The Hall–Kier alpha value is -3.05. The highest BCUT2D eigenvalue weighted by Crippen LogP contribution is 2.29. The minimum Gasteiger partial charge on any atom is -0.497 e. The number of nitrogens with zero attached hydrogens (tertiary/aromatic N) is 3.